The van der Waals surface area contributed by atoms with Gasteiger partial charge in [-0.05, 0) is 49.5 Å². The van der Waals surface area contributed by atoms with E-state index in [4.69, 9.17) is 4.74 Å². The van der Waals surface area contributed by atoms with Gasteiger partial charge in [0.15, 0.2) is 0 Å². The molecule has 1 amide bonds. The number of carbonyl (C=O) groups excluding carboxylic acids is 1. The Morgan fingerprint density at radius 3 is 2.86 bits per heavy atom. The van der Waals surface area contributed by atoms with E-state index < -0.39 is 0 Å². The molecule has 0 saturated carbocycles. The number of hydrogen-bond donors (Lipinski definition) is 0. The maximum atomic E-state index is 13.2. The SMILES string of the molecule is COc1cccc(C2CN(C(=O)CCn3cncn3)C3C4CCN(CC4)C23)c1. The first kappa shape index (κ1) is 17.7. The lowest BCUT2D eigenvalue weighted by Crippen LogP contribution is -2.60. The molecule has 2 aromatic rings. The number of aryl methyl sites for hydroxylation is 1. The molecule has 3 unspecified atom stereocenters. The summed E-state index contributed by atoms with van der Waals surface area (Å²) in [5, 5.41) is 4.13. The van der Waals surface area contributed by atoms with Crippen molar-refractivity contribution in [3.8, 4) is 5.75 Å². The number of piperidine rings is 3. The number of hydrogen-bond acceptors (Lipinski definition) is 5. The number of ether oxygens (including phenoxy) is 1. The smallest absolute Gasteiger partial charge is 0.224 e. The lowest BCUT2D eigenvalue weighted by molar-refractivity contribution is -0.136. The van der Waals surface area contributed by atoms with Crippen LogP contribution in [-0.4, -0.2) is 69.3 Å². The average Bonchev–Trinajstić information content (AvgIpc) is 3.42. The van der Waals surface area contributed by atoms with Gasteiger partial charge in [0.05, 0.1) is 19.7 Å². The highest BCUT2D eigenvalue weighted by atomic mass is 16.5. The topological polar surface area (TPSA) is 63.5 Å². The van der Waals surface area contributed by atoms with Crippen molar-refractivity contribution in [1.29, 1.82) is 0 Å². The maximum absolute atomic E-state index is 13.2. The zero-order valence-corrected chi connectivity index (χ0v) is 16.3. The van der Waals surface area contributed by atoms with Crippen molar-refractivity contribution in [3.05, 3.63) is 42.5 Å². The molecule has 7 nitrogen and oxygen atoms in total. The number of rotatable bonds is 5. The number of benzene rings is 1. The summed E-state index contributed by atoms with van der Waals surface area (Å²) in [5.74, 6) is 2.10. The number of carbonyl (C=O) groups is 1. The fourth-order valence-electron chi connectivity index (χ4n) is 5.57. The van der Waals surface area contributed by atoms with Crippen LogP contribution in [0.5, 0.6) is 5.75 Å². The molecular weight excluding hydrogens is 354 g/mol. The summed E-state index contributed by atoms with van der Waals surface area (Å²) in [6.45, 7) is 3.71. The summed E-state index contributed by atoms with van der Waals surface area (Å²) in [7, 11) is 1.71. The van der Waals surface area contributed by atoms with Crippen LogP contribution in [0, 0.1) is 5.92 Å². The van der Waals surface area contributed by atoms with Crippen LogP contribution < -0.4 is 4.74 Å². The summed E-state index contributed by atoms with van der Waals surface area (Å²) in [4.78, 5) is 22.0. The van der Waals surface area contributed by atoms with Crippen molar-refractivity contribution < 1.29 is 9.53 Å². The van der Waals surface area contributed by atoms with Gasteiger partial charge in [0.1, 0.15) is 18.4 Å². The van der Waals surface area contributed by atoms with E-state index in [1.807, 2.05) is 6.07 Å². The summed E-state index contributed by atoms with van der Waals surface area (Å²) in [6, 6.07) is 9.15. The number of fused-ring (bicyclic) bond motifs is 2. The van der Waals surface area contributed by atoms with Gasteiger partial charge in [0.2, 0.25) is 5.91 Å². The van der Waals surface area contributed by atoms with Crippen molar-refractivity contribution in [2.24, 2.45) is 5.92 Å². The molecule has 28 heavy (non-hydrogen) atoms. The summed E-state index contributed by atoms with van der Waals surface area (Å²) in [6.07, 6.45) is 6.08. The van der Waals surface area contributed by atoms with Crippen molar-refractivity contribution >= 4 is 5.91 Å². The van der Waals surface area contributed by atoms with Gasteiger partial charge in [0.25, 0.3) is 0 Å². The minimum atomic E-state index is 0.240. The van der Waals surface area contributed by atoms with Crippen LogP contribution in [0.25, 0.3) is 0 Å². The van der Waals surface area contributed by atoms with Crippen LogP contribution in [0.15, 0.2) is 36.9 Å². The zero-order chi connectivity index (χ0) is 19.1. The van der Waals surface area contributed by atoms with E-state index in [0.717, 1.165) is 25.4 Å². The largest absolute Gasteiger partial charge is 0.497 e. The standard InChI is InChI=1S/C21H27N5O2/c1-28-17-4-2-3-16(11-17)18-12-26(19(27)7-10-25-14-22-13-23-25)20-15-5-8-24(9-6-15)21(18)20/h2-4,11,13-15,18,20-21H,5-10,12H2,1H3. The van der Waals surface area contributed by atoms with Gasteiger partial charge in [-0.25, -0.2) is 4.98 Å². The fourth-order valence-corrected chi connectivity index (χ4v) is 5.57. The molecule has 6 rings (SSSR count). The van der Waals surface area contributed by atoms with Crippen molar-refractivity contribution in [3.63, 3.8) is 0 Å². The Hall–Kier alpha value is -2.41. The molecule has 148 valence electrons. The van der Waals surface area contributed by atoms with Crippen LogP contribution >= 0.6 is 0 Å². The monoisotopic (exact) mass is 381 g/mol. The van der Waals surface area contributed by atoms with Gasteiger partial charge >= 0.3 is 0 Å². The molecule has 3 atom stereocenters. The third-order valence-corrected chi connectivity index (χ3v) is 6.86. The Bertz CT molecular complexity index is 831. The molecule has 2 bridgehead atoms. The lowest BCUT2D eigenvalue weighted by Gasteiger charge is -2.51. The summed E-state index contributed by atoms with van der Waals surface area (Å²) < 4.78 is 7.19. The van der Waals surface area contributed by atoms with E-state index in [1.54, 1.807) is 18.1 Å². The molecule has 1 aromatic carbocycles. The van der Waals surface area contributed by atoms with E-state index in [9.17, 15) is 4.79 Å². The van der Waals surface area contributed by atoms with Crippen molar-refractivity contribution in [1.82, 2.24) is 24.6 Å². The van der Waals surface area contributed by atoms with Crippen molar-refractivity contribution in [2.75, 3.05) is 26.7 Å². The minimum Gasteiger partial charge on any atom is -0.497 e. The van der Waals surface area contributed by atoms with E-state index >= 15 is 0 Å². The van der Waals surface area contributed by atoms with E-state index in [1.165, 1.54) is 24.7 Å². The Morgan fingerprint density at radius 1 is 1.25 bits per heavy atom. The summed E-state index contributed by atoms with van der Waals surface area (Å²) in [5.41, 5.74) is 1.29. The molecule has 4 saturated heterocycles. The second-order valence-corrected chi connectivity index (χ2v) is 8.19. The molecule has 0 N–H and O–H groups in total. The van der Waals surface area contributed by atoms with Crippen LogP contribution in [0.4, 0.5) is 0 Å². The predicted octanol–water partition coefficient (Wildman–Crippen LogP) is 1.77. The first-order valence-corrected chi connectivity index (χ1v) is 10.2. The quantitative estimate of drug-likeness (QED) is 0.790. The highest BCUT2D eigenvalue weighted by Crippen LogP contribution is 2.47. The van der Waals surface area contributed by atoms with E-state index in [2.05, 4.69) is 38.1 Å². The first-order valence-electron chi connectivity index (χ1n) is 10.2. The molecular formula is C21H27N5O2. The van der Waals surface area contributed by atoms with Gasteiger partial charge < -0.3 is 9.64 Å². The number of likely N-dealkylation sites (tertiary alicyclic amines) is 1. The van der Waals surface area contributed by atoms with E-state index in [-0.39, 0.29) is 5.91 Å². The minimum absolute atomic E-state index is 0.240. The second-order valence-electron chi connectivity index (χ2n) is 8.19. The highest BCUT2D eigenvalue weighted by Gasteiger charge is 2.54. The van der Waals surface area contributed by atoms with Crippen LogP contribution in [0.1, 0.15) is 30.7 Å². The van der Waals surface area contributed by atoms with Crippen LogP contribution in [0.3, 0.4) is 0 Å². The Kier molecular flexibility index (Phi) is 4.55. The Morgan fingerprint density at radius 2 is 2.11 bits per heavy atom. The fraction of sp³-hybridized carbons (Fsp3) is 0.571. The zero-order valence-electron chi connectivity index (χ0n) is 16.3. The molecule has 4 aliphatic rings. The van der Waals surface area contributed by atoms with Crippen LogP contribution in [-0.2, 0) is 11.3 Å². The number of nitrogens with zero attached hydrogens (tertiary/aromatic N) is 5. The Labute approximate surface area is 165 Å². The lowest BCUT2D eigenvalue weighted by atomic mass is 9.75. The molecule has 7 heteroatoms. The first-order chi connectivity index (χ1) is 13.7. The molecule has 0 aliphatic carbocycles. The number of aromatic nitrogens is 3. The summed E-state index contributed by atoms with van der Waals surface area (Å²) >= 11 is 0. The molecule has 4 fully saturated rings. The van der Waals surface area contributed by atoms with Crippen molar-refractivity contribution in [2.45, 2.75) is 43.8 Å². The predicted molar refractivity (Wildman–Crippen MR) is 104 cm³/mol. The maximum Gasteiger partial charge on any atom is 0.224 e. The molecule has 4 aliphatic heterocycles. The Balaban J connectivity index is 1.41. The number of amides is 1. The van der Waals surface area contributed by atoms with Gasteiger partial charge in [-0.15, -0.1) is 0 Å². The van der Waals surface area contributed by atoms with Gasteiger partial charge in [-0.1, -0.05) is 12.1 Å². The molecule has 0 spiro atoms. The van der Waals surface area contributed by atoms with Gasteiger partial charge in [-0.2, -0.15) is 5.10 Å². The highest BCUT2D eigenvalue weighted by molar-refractivity contribution is 5.77. The van der Waals surface area contributed by atoms with Crippen LogP contribution in [0.2, 0.25) is 0 Å². The van der Waals surface area contributed by atoms with Gasteiger partial charge in [-0.3, -0.25) is 14.4 Å². The molecule has 0 radical (unpaired) electrons. The van der Waals surface area contributed by atoms with Gasteiger partial charge in [0, 0.05) is 24.9 Å². The molecule has 5 heterocycles. The third kappa shape index (κ3) is 2.98. The third-order valence-electron chi connectivity index (χ3n) is 6.86. The average molecular weight is 381 g/mol. The second kappa shape index (κ2) is 7.20. The molecule has 1 aromatic heterocycles. The number of methoxy groups -OCH3 is 1. The normalized spacial score (nSPS) is 31.0. The van der Waals surface area contributed by atoms with E-state index in [0.29, 0.717) is 36.9 Å².